The zero-order chi connectivity index (χ0) is 13.9. The highest BCUT2D eigenvalue weighted by atomic mass is 32.2. The van der Waals surface area contributed by atoms with Crippen LogP contribution in [0.1, 0.15) is 6.42 Å². The molecule has 1 aromatic carbocycles. The van der Waals surface area contributed by atoms with Crippen LogP contribution in [0.4, 0.5) is 11.4 Å². The van der Waals surface area contributed by atoms with Gasteiger partial charge in [-0.15, -0.1) is 0 Å². The number of hydrogen-bond donors (Lipinski definition) is 3. The zero-order valence-electron chi connectivity index (χ0n) is 10.4. The smallest absolute Gasteiger partial charge is 0.208 e. The second kappa shape index (κ2) is 5.41. The molecule has 2 rings (SSSR count). The van der Waals surface area contributed by atoms with E-state index in [0.29, 0.717) is 36.2 Å². The Bertz CT molecular complexity index is 667. The number of aromatic nitrogens is 2. The number of nitrogens with two attached hydrogens (primary N) is 1. The minimum Gasteiger partial charge on any atom is -0.397 e. The molecule has 0 bridgehead atoms. The van der Waals surface area contributed by atoms with Gasteiger partial charge in [0.15, 0.2) is 11.0 Å². The molecular weight excluding hydrogens is 270 g/mol. The Hall–Kier alpha value is -1.87. The molecule has 8 nitrogen and oxygen atoms in total. The Morgan fingerprint density at radius 3 is 2.74 bits per heavy atom. The van der Waals surface area contributed by atoms with Gasteiger partial charge in [0.1, 0.15) is 0 Å². The predicted molar refractivity (Wildman–Crippen MR) is 72.2 cm³/mol. The highest BCUT2D eigenvalue weighted by Gasteiger charge is 2.09. The van der Waals surface area contributed by atoms with Gasteiger partial charge in [-0.3, -0.25) is 0 Å². The molecule has 0 aliphatic heterocycles. The first-order chi connectivity index (χ1) is 8.97. The molecule has 2 aromatic rings. The molecule has 0 saturated carbocycles. The van der Waals surface area contributed by atoms with E-state index in [1.807, 2.05) is 0 Å². The van der Waals surface area contributed by atoms with E-state index in [2.05, 4.69) is 25.0 Å². The van der Waals surface area contributed by atoms with Crippen LogP contribution in [0.2, 0.25) is 0 Å². The molecule has 4 N–H and O–H groups in total. The lowest BCUT2D eigenvalue weighted by Gasteiger charge is -2.07. The summed E-state index contributed by atoms with van der Waals surface area (Å²) in [4.78, 5) is 0. The molecule has 104 valence electrons. The molecule has 0 amide bonds. The maximum absolute atomic E-state index is 10.9. The van der Waals surface area contributed by atoms with E-state index in [-0.39, 0.29) is 0 Å². The van der Waals surface area contributed by atoms with Crippen molar-refractivity contribution in [2.75, 3.05) is 30.4 Å². The number of rotatable bonds is 6. The molecule has 1 heterocycles. The molecule has 0 saturated heterocycles. The quantitative estimate of drug-likeness (QED) is 0.510. The number of nitrogens with one attached hydrogen (secondary N) is 2. The summed E-state index contributed by atoms with van der Waals surface area (Å²) in [6, 6.07) is 3.50. The molecule has 9 heteroatoms. The van der Waals surface area contributed by atoms with Gasteiger partial charge in [0.2, 0.25) is 10.0 Å². The van der Waals surface area contributed by atoms with Gasteiger partial charge in [-0.05, 0) is 28.9 Å². The summed E-state index contributed by atoms with van der Waals surface area (Å²) >= 11 is 0. The molecule has 0 aliphatic rings. The van der Waals surface area contributed by atoms with Gasteiger partial charge in [-0.25, -0.2) is 17.8 Å². The van der Waals surface area contributed by atoms with E-state index in [1.54, 1.807) is 12.1 Å². The molecule has 0 radical (unpaired) electrons. The van der Waals surface area contributed by atoms with Crippen molar-refractivity contribution < 1.29 is 13.0 Å². The normalized spacial score (nSPS) is 11.8. The lowest BCUT2D eigenvalue weighted by molar-refractivity contribution is 0.316. The van der Waals surface area contributed by atoms with E-state index >= 15 is 0 Å². The van der Waals surface area contributed by atoms with Crippen molar-refractivity contribution in [1.29, 1.82) is 0 Å². The van der Waals surface area contributed by atoms with Gasteiger partial charge < -0.3 is 11.1 Å². The number of sulfonamides is 1. The third-order valence-corrected chi connectivity index (χ3v) is 3.21. The van der Waals surface area contributed by atoms with Gasteiger partial charge >= 0.3 is 0 Å². The Balaban J connectivity index is 1.92. The number of hydrogen-bond acceptors (Lipinski definition) is 7. The van der Waals surface area contributed by atoms with Crippen molar-refractivity contribution in [3.05, 3.63) is 12.1 Å². The molecule has 0 fully saturated rings. The Labute approximate surface area is 110 Å². The average molecular weight is 285 g/mol. The number of nitrogen functional groups attached to an aromatic ring is 1. The first kappa shape index (κ1) is 13.6. The number of fused-ring (bicyclic) bond motifs is 1. The fourth-order valence-electron chi connectivity index (χ4n) is 1.60. The minimum atomic E-state index is -3.13. The maximum Gasteiger partial charge on any atom is 0.208 e. The van der Waals surface area contributed by atoms with Gasteiger partial charge in [-0.1, -0.05) is 0 Å². The van der Waals surface area contributed by atoms with Crippen molar-refractivity contribution in [3.8, 4) is 0 Å². The maximum atomic E-state index is 10.9. The molecule has 1 aromatic heterocycles. The van der Waals surface area contributed by atoms with Crippen molar-refractivity contribution in [3.63, 3.8) is 0 Å². The monoisotopic (exact) mass is 285 g/mol. The van der Waals surface area contributed by atoms with E-state index in [4.69, 9.17) is 5.73 Å². The molecule has 0 unspecified atom stereocenters. The summed E-state index contributed by atoms with van der Waals surface area (Å²) < 4.78 is 28.8. The van der Waals surface area contributed by atoms with Gasteiger partial charge in [0.05, 0.1) is 17.6 Å². The highest BCUT2D eigenvalue weighted by molar-refractivity contribution is 7.88. The van der Waals surface area contributed by atoms with E-state index < -0.39 is 10.0 Å². The minimum absolute atomic E-state index is 0.376. The fraction of sp³-hybridized carbons (Fsp3) is 0.400. The van der Waals surface area contributed by atoms with Crippen molar-refractivity contribution in [2.45, 2.75) is 6.42 Å². The molecule has 0 aliphatic carbocycles. The summed E-state index contributed by atoms with van der Waals surface area (Å²) in [6.45, 7) is 0.968. The first-order valence-electron chi connectivity index (χ1n) is 5.66. The molecule has 19 heavy (non-hydrogen) atoms. The number of anilines is 2. The topological polar surface area (TPSA) is 123 Å². The van der Waals surface area contributed by atoms with Crippen LogP contribution < -0.4 is 15.8 Å². The average Bonchev–Trinajstić information content (AvgIpc) is 2.80. The van der Waals surface area contributed by atoms with Crippen molar-refractivity contribution >= 4 is 32.4 Å². The second-order valence-corrected chi connectivity index (χ2v) is 5.94. The number of nitrogens with zero attached hydrogens (tertiary/aromatic N) is 2. The third-order valence-electron chi connectivity index (χ3n) is 2.48. The summed E-state index contributed by atoms with van der Waals surface area (Å²) in [5.41, 5.74) is 8.06. The van der Waals surface area contributed by atoms with Gasteiger partial charge in [0, 0.05) is 13.1 Å². The van der Waals surface area contributed by atoms with Crippen LogP contribution in [0.3, 0.4) is 0 Å². The fourth-order valence-corrected chi connectivity index (χ4v) is 2.11. The lowest BCUT2D eigenvalue weighted by Crippen LogP contribution is -2.24. The van der Waals surface area contributed by atoms with E-state index in [0.717, 1.165) is 11.9 Å². The summed E-state index contributed by atoms with van der Waals surface area (Å²) in [5, 5.41) is 10.6. The predicted octanol–water partition coefficient (Wildman–Crippen LogP) is 0.156. The van der Waals surface area contributed by atoms with Crippen LogP contribution in [0.5, 0.6) is 0 Å². The molecular formula is C10H15N5O3S. The second-order valence-electron chi connectivity index (χ2n) is 4.11. The van der Waals surface area contributed by atoms with Crippen LogP contribution >= 0.6 is 0 Å². The van der Waals surface area contributed by atoms with Crippen LogP contribution in [-0.4, -0.2) is 38.1 Å². The Morgan fingerprint density at radius 2 is 2.00 bits per heavy atom. The number of benzene rings is 1. The largest absolute Gasteiger partial charge is 0.397 e. The van der Waals surface area contributed by atoms with Crippen molar-refractivity contribution in [1.82, 2.24) is 15.0 Å². The van der Waals surface area contributed by atoms with Crippen LogP contribution in [-0.2, 0) is 10.0 Å². The zero-order valence-corrected chi connectivity index (χ0v) is 11.2. The standard InChI is InChI=1S/C10H15N5O3S/c1-19(16,17)13-6-2-5-12-8-4-3-7(11)9-10(8)15-18-14-9/h3-4,12-13H,2,5-6,11H2,1H3. The van der Waals surface area contributed by atoms with Crippen molar-refractivity contribution in [2.24, 2.45) is 0 Å². The summed E-state index contributed by atoms with van der Waals surface area (Å²) in [6.07, 6.45) is 1.77. The lowest BCUT2D eigenvalue weighted by atomic mass is 10.2. The van der Waals surface area contributed by atoms with Gasteiger partial charge in [0.25, 0.3) is 0 Å². The first-order valence-corrected chi connectivity index (χ1v) is 7.56. The molecule has 0 atom stereocenters. The third kappa shape index (κ3) is 3.55. The summed E-state index contributed by atoms with van der Waals surface area (Å²) in [7, 11) is -3.13. The molecule has 0 spiro atoms. The van der Waals surface area contributed by atoms with E-state index in [1.165, 1.54) is 0 Å². The highest BCUT2D eigenvalue weighted by Crippen LogP contribution is 2.24. The SMILES string of the molecule is CS(=O)(=O)NCCCNc1ccc(N)c2nonc12. The Morgan fingerprint density at radius 1 is 1.26 bits per heavy atom. The van der Waals surface area contributed by atoms with E-state index in [9.17, 15) is 8.42 Å². The summed E-state index contributed by atoms with van der Waals surface area (Å²) in [5.74, 6) is 0. The van der Waals surface area contributed by atoms with Crippen LogP contribution in [0.25, 0.3) is 11.0 Å². The van der Waals surface area contributed by atoms with Crippen LogP contribution in [0, 0.1) is 0 Å². The van der Waals surface area contributed by atoms with Crippen LogP contribution in [0.15, 0.2) is 16.8 Å². The Kier molecular flexibility index (Phi) is 3.86. The van der Waals surface area contributed by atoms with Gasteiger partial charge in [-0.2, -0.15) is 0 Å².